The zero-order valence-corrected chi connectivity index (χ0v) is 16.4. The van der Waals surface area contributed by atoms with E-state index in [1.807, 2.05) is 73.7 Å². The van der Waals surface area contributed by atoms with Crippen molar-refractivity contribution in [1.82, 2.24) is 5.32 Å². The lowest BCUT2D eigenvalue weighted by molar-refractivity contribution is -0.127. The predicted molar refractivity (Wildman–Crippen MR) is 111 cm³/mol. The van der Waals surface area contributed by atoms with Crippen molar-refractivity contribution >= 4 is 5.91 Å². The van der Waals surface area contributed by atoms with Gasteiger partial charge in [0.05, 0.1) is 13.2 Å². The molecule has 0 aliphatic rings. The summed E-state index contributed by atoms with van der Waals surface area (Å²) in [4.78, 5) is 12.9. The lowest BCUT2D eigenvalue weighted by Crippen LogP contribution is -2.39. The van der Waals surface area contributed by atoms with Crippen molar-refractivity contribution in [3.8, 4) is 11.5 Å². The van der Waals surface area contributed by atoms with Crippen LogP contribution in [0.1, 0.15) is 29.7 Å². The first-order valence-corrected chi connectivity index (χ1v) is 9.29. The molecule has 1 N–H and O–H groups in total. The van der Waals surface area contributed by atoms with Crippen molar-refractivity contribution in [2.24, 2.45) is 0 Å². The van der Waals surface area contributed by atoms with Crippen LogP contribution in [0.2, 0.25) is 0 Å². The maximum atomic E-state index is 12.9. The van der Waals surface area contributed by atoms with Crippen molar-refractivity contribution in [2.45, 2.75) is 26.0 Å². The quantitative estimate of drug-likeness (QED) is 0.652. The highest BCUT2D eigenvalue weighted by Crippen LogP contribution is 2.24. The largest absolute Gasteiger partial charge is 0.497 e. The lowest BCUT2D eigenvalue weighted by atomic mass is 9.97. The molecule has 0 heterocycles. The summed E-state index contributed by atoms with van der Waals surface area (Å²) in [6, 6.07) is 25.1. The number of carbonyl (C=O) groups excluding carboxylic acids is 1. The fraction of sp³-hybridized carbons (Fsp3) is 0.208. The summed E-state index contributed by atoms with van der Waals surface area (Å²) in [7, 11) is 1.60. The Balaban J connectivity index is 1.77. The fourth-order valence-electron chi connectivity index (χ4n) is 2.96. The summed E-state index contributed by atoms with van der Waals surface area (Å²) < 4.78 is 11.0. The molecule has 1 amide bonds. The van der Waals surface area contributed by atoms with Crippen LogP contribution in [0.3, 0.4) is 0 Å². The van der Waals surface area contributed by atoms with Crippen LogP contribution in [0, 0.1) is 6.92 Å². The predicted octanol–water partition coefficient (Wildman–Crippen LogP) is 4.68. The molecule has 0 bridgehead atoms. The molecule has 0 spiro atoms. The molecule has 3 aromatic carbocycles. The molecule has 4 heteroatoms. The highest BCUT2D eigenvalue weighted by Gasteiger charge is 2.21. The van der Waals surface area contributed by atoms with E-state index in [9.17, 15) is 4.79 Å². The van der Waals surface area contributed by atoms with Crippen molar-refractivity contribution in [3.63, 3.8) is 0 Å². The SMILES string of the molecule is COc1cccc(O[C@H](C)C(=O)N[C@@H](c2ccccc2)c2ccc(C)cc2)c1. The number of methoxy groups -OCH3 is 1. The Kier molecular flexibility index (Phi) is 6.33. The number of carbonyl (C=O) groups is 1. The monoisotopic (exact) mass is 375 g/mol. The third-order valence-corrected chi connectivity index (χ3v) is 4.55. The van der Waals surface area contributed by atoms with Gasteiger partial charge in [-0.1, -0.05) is 66.2 Å². The average Bonchev–Trinajstić information content (AvgIpc) is 2.73. The van der Waals surface area contributed by atoms with E-state index in [1.165, 1.54) is 5.56 Å². The summed E-state index contributed by atoms with van der Waals surface area (Å²) >= 11 is 0. The van der Waals surface area contributed by atoms with E-state index in [1.54, 1.807) is 26.2 Å². The second kappa shape index (κ2) is 9.09. The molecule has 3 rings (SSSR count). The van der Waals surface area contributed by atoms with E-state index in [2.05, 4.69) is 5.32 Å². The number of ether oxygens (including phenoxy) is 2. The maximum Gasteiger partial charge on any atom is 0.261 e. The van der Waals surface area contributed by atoms with Gasteiger partial charge in [-0.05, 0) is 37.1 Å². The van der Waals surface area contributed by atoms with Gasteiger partial charge in [-0.3, -0.25) is 4.79 Å². The summed E-state index contributed by atoms with van der Waals surface area (Å²) in [6.45, 7) is 3.79. The van der Waals surface area contributed by atoms with Gasteiger partial charge in [-0.15, -0.1) is 0 Å². The smallest absolute Gasteiger partial charge is 0.261 e. The van der Waals surface area contributed by atoms with E-state index in [0.717, 1.165) is 11.1 Å². The van der Waals surface area contributed by atoms with Crippen molar-refractivity contribution in [2.75, 3.05) is 7.11 Å². The number of benzene rings is 3. The summed E-state index contributed by atoms with van der Waals surface area (Å²) in [5.74, 6) is 1.10. The number of rotatable bonds is 7. The topological polar surface area (TPSA) is 47.6 Å². The van der Waals surface area contributed by atoms with E-state index < -0.39 is 6.10 Å². The van der Waals surface area contributed by atoms with Crippen LogP contribution in [0.15, 0.2) is 78.9 Å². The Bertz CT molecular complexity index is 907. The van der Waals surface area contributed by atoms with E-state index in [0.29, 0.717) is 11.5 Å². The molecular weight excluding hydrogens is 350 g/mol. The molecule has 0 radical (unpaired) electrons. The van der Waals surface area contributed by atoms with Crippen LogP contribution in [-0.4, -0.2) is 19.1 Å². The zero-order valence-electron chi connectivity index (χ0n) is 16.4. The van der Waals surface area contributed by atoms with Gasteiger partial charge in [0.1, 0.15) is 11.5 Å². The molecule has 0 aromatic heterocycles. The van der Waals surface area contributed by atoms with E-state index in [-0.39, 0.29) is 11.9 Å². The number of aryl methyl sites for hydroxylation is 1. The second-order valence-electron chi connectivity index (χ2n) is 6.70. The molecule has 2 atom stereocenters. The van der Waals surface area contributed by atoms with Gasteiger partial charge < -0.3 is 14.8 Å². The van der Waals surface area contributed by atoms with Crippen LogP contribution in [0.4, 0.5) is 0 Å². The minimum absolute atomic E-state index is 0.183. The number of nitrogens with one attached hydrogen (secondary N) is 1. The van der Waals surface area contributed by atoms with Gasteiger partial charge in [0.2, 0.25) is 0 Å². The third-order valence-electron chi connectivity index (χ3n) is 4.55. The first kappa shape index (κ1) is 19.5. The summed E-state index contributed by atoms with van der Waals surface area (Å²) in [5.41, 5.74) is 3.23. The Labute approximate surface area is 166 Å². The molecule has 0 aliphatic carbocycles. The Morgan fingerprint density at radius 1 is 0.857 bits per heavy atom. The fourth-order valence-corrected chi connectivity index (χ4v) is 2.96. The molecule has 0 unspecified atom stereocenters. The van der Waals surface area contributed by atoms with Crippen LogP contribution in [-0.2, 0) is 4.79 Å². The van der Waals surface area contributed by atoms with Gasteiger partial charge in [-0.25, -0.2) is 0 Å². The molecule has 4 nitrogen and oxygen atoms in total. The van der Waals surface area contributed by atoms with Crippen LogP contribution >= 0.6 is 0 Å². The average molecular weight is 375 g/mol. The maximum absolute atomic E-state index is 12.9. The molecule has 28 heavy (non-hydrogen) atoms. The van der Waals surface area contributed by atoms with Crippen molar-refractivity contribution in [3.05, 3.63) is 95.6 Å². The molecule has 144 valence electrons. The number of hydrogen-bond donors (Lipinski definition) is 1. The van der Waals surface area contributed by atoms with E-state index in [4.69, 9.17) is 9.47 Å². The highest BCUT2D eigenvalue weighted by molar-refractivity contribution is 5.81. The molecule has 0 saturated carbocycles. The Morgan fingerprint density at radius 2 is 1.50 bits per heavy atom. The van der Waals surface area contributed by atoms with Gasteiger partial charge in [0.15, 0.2) is 6.10 Å². The number of amides is 1. The first-order valence-electron chi connectivity index (χ1n) is 9.29. The molecule has 0 saturated heterocycles. The standard InChI is InChI=1S/C24H25NO3/c1-17-12-14-20(15-13-17)23(19-8-5-4-6-9-19)25-24(26)18(2)28-22-11-7-10-21(16-22)27-3/h4-16,18,23H,1-3H3,(H,25,26)/t18-,23+/m1/s1. The zero-order chi connectivity index (χ0) is 19.9. The third kappa shape index (κ3) is 4.92. The lowest BCUT2D eigenvalue weighted by Gasteiger charge is -2.23. The summed E-state index contributed by atoms with van der Waals surface area (Å²) in [6.07, 6.45) is -0.649. The van der Waals surface area contributed by atoms with E-state index >= 15 is 0 Å². The minimum atomic E-state index is -0.649. The second-order valence-corrected chi connectivity index (χ2v) is 6.70. The summed E-state index contributed by atoms with van der Waals surface area (Å²) in [5, 5.41) is 3.12. The van der Waals surface area contributed by atoms with Gasteiger partial charge >= 0.3 is 0 Å². The molecular formula is C24H25NO3. The normalized spacial score (nSPS) is 12.7. The van der Waals surface area contributed by atoms with Gasteiger partial charge in [-0.2, -0.15) is 0 Å². The highest BCUT2D eigenvalue weighted by atomic mass is 16.5. The van der Waals surface area contributed by atoms with Crippen LogP contribution in [0.25, 0.3) is 0 Å². The molecule has 0 fully saturated rings. The number of hydrogen-bond acceptors (Lipinski definition) is 3. The Morgan fingerprint density at radius 3 is 2.18 bits per heavy atom. The van der Waals surface area contributed by atoms with Crippen LogP contribution < -0.4 is 14.8 Å². The molecule has 0 aliphatic heterocycles. The van der Waals surface area contributed by atoms with Crippen molar-refractivity contribution < 1.29 is 14.3 Å². The van der Waals surface area contributed by atoms with Crippen LogP contribution in [0.5, 0.6) is 11.5 Å². The Hall–Kier alpha value is -3.27. The van der Waals surface area contributed by atoms with Gasteiger partial charge in [0.25, 0.3) is 5.91 Å². The van der Waals surface area contributed by atoms with Gasteiger partial charge in [0, 0.05) is 6.07 Å². The first-order chi connectivity index (χ1) is 13.6. The van der Waals surface area contributed by atoms with Crippen molar-refractivity contribution in [1.29, 1.82) is 0 Å². The molecule has 3 aromatic rings. The minimum Gasteiger partial charge on any atom is -0.497 e.